The average Bonchev–Trinajstić information content (AvgIpc) is 3.08. The van der Waals surface area contributed by atoms with Crippen LogP contribution >= 0.6 is 11.6 Å². The molecular weight excluding hydrogens is 320 g/mol. The number of H-pyrrole nitrogens is 1. The number of halogens is 1. The molecule has 1 saturated heterocycles. The Morgan fingerprint density at radius 1 is 1.08 bits per heavy atom. The van der Waals surface area contributed by atoms with Gasteiger partial charge in [-0.15, -0.1) is 0 Å². The minimum atomic E-state index is 0.757. The van der Waals surface area contributed by atoms with Crippen molar-refractivity contribution in [2.75, 3.05) is 33.2 Å². The molecule has 1 aliphatic heterocycles. The first kappa shape index (κ1) is 15.6. The molecule has 1 aromatic carbocycles. The molecule has 1 aliphatic rings. The molecule has 3 aromatic rings. The van der Waals surface area contributed by atoms with E-state index in [0.29, 0.717) is 0 Å². The summed E-state index contributed by atoms with van der Waals surface area (Å²) in [6.45, 7) is 5.58. The van der Waals surface area contributed by atoms with Gasteiger partial charge in [-0.3, -0.25) is 4.90 Å². The van der Waals surface area contributed by atoms with Crippen LogP contribution in [0.25, 0.3) is 22.2 Å². The normalized spacial score (nSPS) is 16.8. The van der Waals surface area contributed by atoms with E-state index in [4.69, 9.17) is 11.6 Å². The number of aromatic nitrogens is 2. The molecule has 3 heterocycles. The number of piperazine rings is 1. The van der Waals surface area contributed by atoms with Gasteiger partial charge in [0.15, 0.2) is 0 Å². The minimum Gasteiger partial charge on any atom is -0.346 e. The van der Waals surface area contributed by atoms with Crippen LogP contribution in [0.5, 0.6) is 0 Å². The van der Waals surface area contributed by atoms with E-state index < -0.39 is 0 Å². The first-order valence-corrected chi connectivity index (χ1v) is 8.70. The van der Waals surface area contributed by atoms with Crippen molar-refractivity contribution in [1.82, 2.24) is 19.8 Å². The van der Waals surface area contributed by atoms with Gasteiger partial charge in [0.05, 0.1) is 5.02 Å². The van der Waals surface area contributed by atoms with Crippen molar-refractivity contribution in [3.8, 4) is 11.1 Å². The zero-order valence-electron chi connectivity index (χ0n) is 13.8. The Labute approximate surface area is 147 Å². The summed E-state index contributed by atoms with van der Waals surface area (Å²) in [5.74, 6) is 0. The molecule has 4 rings (SSSR count). The van der Waals surface area contributed by atoms with E-state index in [1.54, 1.807) is 0 Å². The van der Waals surface area contributed by atoms with Crippen molar-refractivity contribution in [1.29, 1.82) is 0 Å². The summed E-state index contributed by atoms with van der Waals surface area (Å²) in [5.41, 5.74) is 4.26. The monoisotopic (exact) mass is 340 g/mol. The minimum absolute atomic E-state index is 0.757. The van der Waals surface area contributed by atoms with Crippen LogP contribution in [0.2, 0.25) is 5.02 Å². The van der Waals surface area contributed by atoms with E-state index in [1.165, 1.54) is 5.56 Å². The molecule has 0 atom stereocenters. The second-order valence-electron chi connectivity index (χ2n) is 6.50. The van der Waals surface area contributed by atoms with E-state index in [0.717, 1.165) is 59.9 Å². The van der Waals surface area contributed by atoms with Crippen LogP contribution in [0.3, 0.4) is 0 Å². The van der Waals surface area contributed by atoms with E-state index >= 15 is 0 Å². The number of pyridine rings is 1. The van der Waals surface area contributed by atoms with Gasteiger partial charge in [0.2, 0.25) is 0 Å². The number of hydrogen-bond donors (Lipinski definition) is 1. The van der Waals surface area contributed by atoms with Crippen LogP contribution < -0.4 is 0 Å². The molecule has 0 unspecified atom stereocenters. The Morgan fingerprint density at radius 2 is 1.83 bits per heavy atom. The van der Waals surface area contributed by atoms with Crippen LogP contribution in [0, 0.1) is 0 Å². The molecule has 2 aromatic heterocycles. The zero-order chi connectivity index (χ0) is 16.5. The van der Waals surface area contributed by atoms with Gasteiger partial charge in [0.25, 0.3) is 0 Å². The van der Waals surface area contributed by atoms with E-state index in [9.17, 15) is 0 Å². The van der Waals surface area contributed by atoms with Crippen LogP contribution in [0.15, 0.2) is 42.7 Å². The van der Waals surface area contributed by atoms with Crippen molar-refractivity contribution in [2.24, 2.45) is 0 Å². The Balaban J connectivity index is 1.53. The number of likely N-dealkylation sites (N-methyl/N-ethyl adjacent to an activating group) is 1. The molecule has 4 nitrogen and oxygen atoms in total. The highest BCUT2D eigenvalue weighted by molar-refractivity contribution is 6.37. The van der Waals surface area contributed by atoms with Gasteiger partial charge in [-0.2, -0.15) is 0 Å². The Hall–Kier alpha value is -1.88. The molecule has 0 saturated carbocycles. The summed E-state index contributed by atoms with van der Waals surface area (Å²) in [6.07, 6.45) is 3.71. The lowest BCUT2D eigenvalue weighted by molar-refractivity contribution is 0.148. The van der Waals surface area contributed by atoms with Gasteiger partial charge in [-0.1, -0.05) is 35.9 Å². The predicted molar refractivity (Wildman–Crippen MR) is 99.3 cm³/mol. The lowest BCUT2D eigenvalue weighted by atomic mass is 10.0. The number of rotatable bonds is 3. The molecule has 24 heavy (non-hydrogen) atoms. The maximum Gasteiger partial charge on any atom is 0.138 e. The topological polar surface area (TPSA) is 35.2 Å². The molecule has 124 valence electrons. The summed E-state index contributed by atoms with van der Waals surface area (Å²) in [5, 5.41) is 1.73. The fourth-order valence-corrected chi connectivity index (χ4v) is 3.54. The highest BCUT2D eigenvalue weighted by atomic mass is 35.5. The lowest BCUT2D eigenvalue weighted by Gasteiger charge is -2.32. The first-order chi connectivity index (χ1) is 11.7. The fraction of sp³-hybridized carbons (Fsp3) is 0.316. The van der Waals surface area contributed by atoms with Gasteiger partial charge in [0.1, 0.15) is 5.65 Å². The molecule has 0 aliphatic carbocycles. The third-order valence-corrected chi connectivity index (χ3v) is 5.20. The van der Waals surface area contributed by atoms with Crippen LogP contribution in [-0.4, -0.2) is 53.0 Å². The largest absolute Gasteiger partial charge is 0.346 e. The molecule has 0 amide bonds. The second kappa shape index (κ2) is 6.55. The quantitative estimate of drug-likeness (QED) is 0.790. The molecule has 5 heteroatoms. The van der Waals surface area contributed by atoms with Crippen molar-refractivity contribution < 1.29 is 0 Å². The van der Waals surface area contributed by atoms with Gasteiger partial charge in [-0.05, 0) is 24.2 Å². The fourth-order valence-electron chi connectivity index (χ4n) is 3.23. The maximum absolute atomic E-state index is 6.55. The summed E-state index contributed by atoms with van der Waals surface area (Å²) in [7, 11) is 2.19. The molecular formula is C19H21ClN4. The maximum atomic E-state index is 6.55. The van der Waals surface area contributed by atoms with Gasteiger partial charge < -0.3 is 9.88 Å². The standard InChI is InChI=1S/C19H21ClN4/c1-23-8-10-24(11-9-23)13-14-2-4-15(5-3-14)17-12-22-19-16(18(17)20)6-7-21-19/h2-7,12H,8-11,13H2,1H3,(H,21,22). The Morgan fingerprint density at radius 3 is 2.58 bits per heavy atom. The highest BCUT2D eigenvalue weighted by Crippen LogP contribution is 2.32. The molecule has 0 bridgehead atoms. The number of aromatic amines is 1. The summed E-state index contributed by atoms with van der Waals surface area (Å²) >= 11 is 6.55. The second-order valence-corrected chi connectivity index (χ2v) is 6.88. The van der Waals surface area contributed by atoms with Crippen LogP contribution in [0.1, 0.15) is 5.56 Å². The van der Waals surface area contributed by atoms with E-state index in [2.05, 4.69) is 51.1 Å². The number of hydrogen-bond acceptors (Lipinski definition) is 3. The lowest BCUT2D eigenvalue weighted by Crippen LogP contribution is -2.43. The van der Waals surface area contributed by atoms with Crippen molar-refractivity contribution in [3.05, 3.63) is 53.3 Å². The third kappa shape index (κ3) is 3.05. The molecule has 0 spiro atoms. The van der Waals surface area contributed by atoms with Gasteiger partial charge in [0, 0.05) is 56.1 Å². The predicted octanol–water partition coefficient (Wildman–Crippen LogP) is 3.63. The van der Waals surface area contributed by atoms with E-state index in [1.807, 2.05) is 18.5 Å². The Bertz CT molecular complexity index is 832. The Kier molecular flexibility index (Phi) is 4.27. The smallest absolute Gasteiger partial charge is 0.138 e. The van der Waals surface area contributed by atoms with Crippen LogP contribution in [-0.2, 0) is 6.54 Å². The van der Waals surface area contributed by atoms with Crippen molar-refractivity contribution in [2.45, 2.75) is 6.54 Å². The molecule has 1 N–H and O–H groups in total. The number of benzene rings is 1. The molecule has 0 radical (unpaired) electrons. The first-order valence-electron chi connectivity index (χ1n) is 8.32. The molecule has 1 fully saturated rings. The average molecular weight is 341 g/mol. The van der Waals surface area contributed by atoms with Crippen molar-refractivity contribution >= 4 is 22.6 Å². The van der Waals surface area contributed by atoms with Crippen molar-refractivity contribution in [3.63, 3.8) is 0 Å². The van der Waals surface area contributed by atoms with E-state index in [-0.39, 0.29) is 0 Å². The highest BCUT2D eigenvalue weighted by Gasteiger charge is 2.14. The number of nitrogens with one attached hydrogen (secondary N) is 1. The SMILES string of the molecule is CN1CCN(Cc2ccc(-c3cnc4[nH]ccc4c3Cl)cc2)CC1. The summed E-state index contributed by atoms with van der Waals surface area (Å²) in [6, 6.07) is 10.7. The number of nitrogens with zero attached hydrogens (tertiary/aromatic N) is 3. The number of fused-ring (bicyclic) bond motifs is 1. The van der Waals surface area contributed by atoms with Gasteiger partial charge in [-0.25, -0.2) is 4.98 Å². The van der Waals surface area contributed by atoms with Crippen LogP contribution in [0.4, 0.5) is 0 Å². The zero-order valence-corrected chi connectivity index (χ0v) is 14.6. The third-order valence-electron chi connectivity index (χ3n) is 4.79. The summed E-state index contributed by atoms with van der Waals surface area (Å²) in [4.78, 5) is 12.4. The van der Waals surface area contributed by atoms with Gasteiger partial charge >= 0.3 is 0 Å². The summed E-state index contributed by atoms with van der Waals surface area (Å²) < 4.78 is 0.